The van der Waals surface area contributed by atoms with E-state index in [0.717, 1.165) is 6.42 Å². The van der Waals surface area contributed by atoms with Crippen molar-refractivity contribution >= 4 is 12.6 Å². The first-order chi connectivity index (χ1) is 3.80. The molecule has 0 aromatic rings. The summed E-state index contributed by atoms with van der Waals surface area (Å²) in [6.45, 7) is 2.18. The quantitative estimate of drug-likeness (QED) is 0.473. The topological polar surface area (TPSA) is 0 Å². The van der Waals surface area contributed by atoms with Gasteiger partial charge in [-0.25, -0.2) is 0 Å². The summed E-state index contributed by atoms with van der Waals surface area (Å²) < 4.78 is 0. The van der Waals surface area contributed by atoms with E-state index in [1.54, 1.807) is 0 Å². The molecule has 8 heavy (non-hydrogen) atoms. The zero-order valence-corrected chi connectivity index (χ0v) is 5.86. The van der Waals surface area contributed by atoms with Crippen molar-refractivity contribution in [2.75, 3.05) is 0 Å². The highest BCUT2D eigenvalue weighted by molar-refractivity contribution is 7.84. The Bertz CT molecular complexity index is 133. The molecule has 0 spiro atoms. The van der Waals surface area contributed by atoms with E-state index in [-0.39, 0.29) is 0 Å². The van der Waals surface area contributed by atoms with Crippen molar-refractivity contribution in [1.82, 2.24) is 0 Å². The third kappa shape index (κ3) is 1.16. The van der Waals surface area contributed by atoms with Gasteiger partial charge < -0.3 is 0 Å². The Morgan fingerprint density at radius 1 is 1.75 bits per heavy atom. The van der Waals surface area contributed by atoms with Crippen LogP contribution in [0.1, 0.15) is 13.3 Å². The Hall–Kier alpha value is -0.170. The lowest BCUT2D eigenvalue weighted by molar-refractivity contribution is 0.725. The second kappa shape index (κ2) is 2.40. The van der Waals surface area contributed by atoms with Crippen LogP contribution >= 0.6 is 12.6 Å². The van der Waals surface area contributed by atoms with E-state index in [0.29, 0.717) is 5.92 Å². The van der Waals surface area contributed by atoms with E-state index in [2.05, 4.69) is 37.8 Å². The van der Waals surface area contributed by atoms with Gasteiger partial charge in [0.25, 0.3) is 0 Å². The molecule has 0 amide bonds. The van der Waals surface area contributed by atoms with Gasteiger partial charge in [0.1, 0.15) is 0 Å². The Morgan fingerprint density at radius 2 is 2.50 bits per heavy atom. The maximum atomic E-state index is 4.27. The molecule has 0 saturated heterocycles. The number of thiol groups is 1. The minimum Gasteiger partial charge on any atom is -0.148 e. The summed E-state index contributed by atoms with van der Waals surface area (Å²) in [5.41, 5.74) is 0. The third-order valence-electron chi connectivity index (χ3n) is 1.40. The van der Waals surface area contributed by atoms with Crippen LogP contribution in [0.15, 0.2) is 23.1 Å². The first kappa shape index (κ1) is 5.96. The van der Waals surface area contributed by atoms with Crippen molar-refractivity contribution in [3.05, 3.63) is 23.1 Å². The van der Waals surface area contributed by atoms with Crippen LogP contribution in [0.25, 0.3) is 0 Å². The van der Waals surface area contributed by atoms with E-state index in [1.807, 2.05) is 0 Å². The second-order valence-corrected chi connectivity index (χ2v) is 2.67. The molecular formula is C7H10S. The summed E-state index contributed by atoms with van der Waals surface area (Å²) in [4.78, 5) is 1.20. The van der Waals surface area contributed by atoms with Crippen molar-refractivity contribution in [2.45, 2.75) is 13.3 Å². The fourth-order valence-electron chi connectivity index (χ4n) is 0.734. The zero-order valence-electron chi connectivity index (χ0n) is 4.96. The normalized spacial score (nSPS) is 27.8. The van der Waals surface area contributed by atoms with Crippen LogP contribution in [0.2, 0.25) is 0 Å². The summed E-state index contributed by atoms with van der Waals surface area (Å²) in [6.07, 6.45) is 7.43. The fraction of sp³-hybridized carbons (Fsp3) is 0.429. The lowest BCUT2D eigenvalue weighted by Crippen LogP contribution is -1.94. The number of allylic oxidation sites excluding steroid dienone is 4. The summed E-state index contributed by atoms with van der Waals surface area (Å²) in [6, 6.07) is 0. The van der Waals surface area contributed by atoms with Gasteiger partial charge >= 0.3 is 0 Å². The summed E-state index contributed by atoms with van der Waals surface area (Å²) in [7, 11) is 0. The molecule has 0 radical (unpaired) electrons. The van der Waals surface area contributed by atoms with Gasteiger partial charge in [-0.2, -0.15) is 0 Å². The Morgan fingerprint density at radius 3 is 2.88 bits per heavy atom. The molecule has 0 aliphatic heterocycles. The van der Waals surface area contributed by atoms with E-state index >= 15 is 0 Å². The molecule has 1 rings (SSSR count). The highest BCUT2D eigenvalue weighted by Gasteiger charge is 2.03. The minimum atomic E-state index is 0.642. The first-order valence-electron chi connectivity index (χ1n) is 2.86. The first-order valence-corrected chi connectivity index (χ1v) is 3.31. The van der Waals surface area contributed by atoms with Gasteiger partial charge in [-0.05, 0) is 17.2 Å². The summed E-state index contributed by atoms with van der Waals surface area (Å²) in [5, 5.41) is 0. The number of hydrogen-bond donors (Lipinski definition) is 1. The predicted molar refractivity (Wildman–Crippen MR) is 40.0 cm³/mol. The van der Waals surface area contributed by atoms with Crippen LogP contribution in [0, 0.1) is 5.92 Å². The van der Waals surface area contributed by atoms with Crippen molar-refractivity contribution in [3.63, 3.8) is 0 Å². The van der Waals surface area contributed by atoms with Gasteiger partial charge in [0, 0.05) is 0 Å². The highest BCUT2D eigenvalue weighted by Crippen LogP contribution is 2.21. The molecule has 0 saturated carbocycles. The van der Waals surface area contributed by atoms with Gasteiger partial charge in [-0.15, -0.1) is 12.6 Å². The minimum absolute atomic E-state index is 0.642. The molecule has 0 aromatic heterocycles. The van der Waals surface area contributed by atoms with E-state index in [9.17, 15) is 0 Å². The van der Waals surface area contributed by atoms with Crippen LogP contribution < -0.4 is 0 Å². The maximum Gasteiger partial charge on any atom is -0.00982 e. The zero-order chi connectivity index (χ0) is 5.98. The lowest BCUT2D eigenvalue weighted by atomic mass is 10.0. The molecule has 0 heterocycles. The average molecular weight is 126 g/mol. The Labute approximate surface area is 55.7 Å². The monoisotopic (exact) mass is 126 g/mol. The molecule has 1 aliphatic carbocycles. The SMILES string of the molecule is CC1CC=CC=C1S. The van der Waals surface area contributed by atoms with Crippen LogP contribution in [-0.2, 0) is 0 Å². The van der Waals surface area contributed by atoms with Crippen LogP contribution in [-0.4, -0.2) is 0 Å². The van der Waals surface area contributed by atoms with E-state index < -0.39 is 0 Å². The molecular weight excluding hydrogens is 116 g/mol. The molecule has 1 aliphatic rings. The number of hydrogen-bond acceptors (Lipinski definition) is 1. The van der Waals surface area contributed by atoms with E-state index in [4.69, 9.17) is 0 Å². The van der Waals surface area contributed by atoms with Gasteiger partial charge in [0.2, 0.25) is 0 Å². The Kier molecular flexibility index (Phi) is 1.79. The lowest BCUT2D eigenvalue weighted by Gasteiger charge is -2.10. The van der Waals surface area contributed by atoms with Crippen LogP contribution in [0.5, 0.6) is 0 Å². The molecule has 1 atom stereocenters. The smallest absolute Gasteiger partial charge is 0.00982 e. The second-order valence-electron chi connectivity index (χ2n) is 2.16. The molecule has 0 N–H and O–H groups in total. The Balaban J connectivity index is 2.66. The van der Waals surface area contributed by atoms with E-state index in [1.165, 1.54) is 4.91 Å². The molecule has 0 fully saturated rings. The average Bonchev–Trinajstić information content (AvgIpc) is 1.77. The fourth-order valence-corrected chi connectivity index (χ4v) is 0.926. The molecule has 44 valence electrons. The standard InChI is InChI=1S/C7H10S/c1-6-4-2-3-5-7(6)8/h2-3,5-6,8H,4H2,1H3. The van der Waals surface area contributed by atoms with Crippen molar-refractivity contribution in [1.29, 1.82) is 0 Å². The van der Waals surface area contributed by atoms with Crippen LogP contribution in [0.3, 0.4) is 0 Å². The predicted octanol–water partition coefficient (Wildman–Crippen LogP) is 2.40. The molecule has 0 aromatic carbocycles. The largest absolute Gasteiger partial charge is 0.148 e. The van der Waals surface area contributed by atoms with Crippen molar-refractivity contribution < 1.29 is 0 Å². The maximum absolute atomic E-state index is 4.27. The van der Waals surface area contributed by atoms with Crippen LogP contribution in [0.4, 0.5) is 0 Å². The summed E-state index contributed by atoms with van der Waals surface area (Å²) in [5.74, 6) is 0.642. The molecule has 1 unspecified atom stereocenters. The van der Waals surface area contributed by atoms with Gasteiger partial charge in [0.05, 0.1) is 0 Å². The molecule has 1 heteroatoms. The van der Waals surface area contributed by atoms with Gasteiger partial charge in [0.15, 0.2) is 0 Å². The highest BCUT2D eigenvalue weighted by atomic mass is 32.1. The van der Waals surface area contributed by atoms with Gasteiger partial charge in [-0.3, -0.25) is 0 Å². The molecule has 0 bridgehead atoms. The van der Waals surface area contributed by atoms with Crippen molar-refractivity contribution in [2.24, 2.45) is 5.92 Å². The molecule has 0 nitrogen and oxygen atoms in total. The van der Waals surface area contributed by atoms with Gasteiger partial charge in [-0.1, -0.05) is 25.2 Å². The van der Waals surface area contributed by atoms with Crippen molar-refractivity contribution in [3.8, 4) is 0 Å². The third-order valence-corrected chi connectivity index (χ3v) is 1.99. The summed E-state index contributed by atoms with van der Waals surface area (Å²) >= 11 is 4.27. The number of rotatable bonds is 0.